The number of amides is 1. The Balaban J connectivity index is 1.74. The van der Waals surface area contributed by atoms with Gasteiger partial charge in [0.25, 0.3) is 5.91 Å². The van der Waals surface area contributed by atoms with Gasteiger partial charge < -0.3 is 14.8 Å². The SMILES string of the molecule is Cc1cc(C)cc(OCC(=O)NC(C)COc2ccc(C(C)C)cc2)c1. The molecule has 1 unspecified atom stereocenters. The molecule has 4 nitrogen and oxygen atoms in total. The van der Waals surface area contributed by atoms with Gasteiger partial charge in [0.1, 0.15) is 18.1 Å². The monoisotopic (exact) mass is 355 g/mol. The summed E-state index contributed by atoms with van der Waals surface area (Å²) in [5, 5.41) is 2.89. The molecule has 1 N–H and O–H groups in total. The number of carbonyl (C=O) groups is 1. The lowest BCUT2D eigenvalue weighted by molar-refractivity contribution is -0.123. The summed E-state index contributed by atoms with van der Waals surface area (Å²) in [6.07, 6.45) is 0. The zero-order valence-corrected chi connectivity index (χ0v) is 16.3. The van der Waals surface area contributed by atoms with Crippen LogP contribution in [0.15, 0.2) is 42.5 Å². The fraction of sp³-hybridized carbons (Fsp3) is 0.409. The van der Waals surface area contributed by atoms with Crippen LogP contribution in [0.2, 0.25) is 0 Å². The molecule has 0 saturated carbocycles. The maximum absolute atomic E-state index is 12.0. The van der Waals surface area contributed by atoms with Gasteiger partial charge in [-0.25, -0.2) is 0 Å². The van der Waals surface area contributed by atoms with Gasteiger partial charge in [-0.05, 0) is 67.6 Å². The Hall–Kier alpha value is -2.49. The van der Waals surface area contributed by atoms with Gasteiger partial charge in [0, 0.05) is 0 Å². The molecule has 1 amide bonds. The predicted molar refractivity (Wildman–Crippen MR) is 105 cm³/mol. The van der Waals surface area contributed by atoms with E-state index in [9.17, 15) is 4.79 Å². The minimum Gasteiger partial charge on any atom is -0.491 e. The summed E-state index contributed by atoms with van der Waals surface area (Å²) in [6, 6.07) is 13.9. The number of rotatable bonds is 8. The smallest absolute Gasteiger partial charge is 0.258 e. The third-order valence-electron chi connectivity index (χ3n) is 4.02. The molecule has 2 aromatic carbocycles. The molecule has 0 bridgehead atoms. The minimum absolute atomic E-state index is 0.00365. The second-order valence-corrected chi connectivity index (χ2v) is 7.12. The lowest BCUT2D eigenvalue weighted by Gasteiger charge is -2.16. The van der Waals surface area contributed by atoms with E-state index in [1.165, 1.54) is 5.56 Å². The second-order valence-electron chi connectivity index (χ2n) is 7.12. The van der Waals surface area contributed by atoms with Crippen LogP contribution in [-0.4, -0.2) is 25.2 Å². The van der Waals surface area contributed by atoms with Crippen LogP contribution in [0.1, 0.15) is 43.4 Å². The van der Waals surface area contributed by atoms with Crippen LogP contribution in [0.5, 0.6) is 11.5 Å². The van der Waals surface area contributed by atoms with Crippen LogP contribution in [-0.2, 0) is 4.79 Å². The van der Waals surface area contributed by atoms with Crippen LogP contribution in [0.4, 0.5) is 0 Å². The van der Waals surface area contributed by atoms with Gasteiger partial charge in [0.15, 0.2) is 6.61 Å². The molecule has 0 aliphatic rings. The van der Waals surface area contributed by atoms with Gasteiger partial charge in [-0.3, -0.25) is 4.79 Å². The van der Waals surface area contributed by atoms with E-state index in [-0.39, 0.29) is 18.6 Å². The van der Waals surface area contributed by atoms with Crippen LogP contribution in [0, 0.1) is 13.8 Å². The molecule has 0 spiro atoms. The number of ether oxygens (including phenoxy) is 2. The summed E-state index contributed by atoms with van der Waals surface area (Å²) in [5.41, 5.74) is 3.51. The normalized spacial score (nSPS) is 11.9. The summed E-state index contributed by atoms with van der Waals surface area (Å²) >= 11 is 0. The molecule has 0 aromatic heterocycles. The first-order chi connectivity index (χ1) is 12.3. The van der Waals surface area contributed by atoms with Crippen LogP contribution < -0.4 is 14.8 Å². The summed E-state index contributed by atoms with van der Waals surface area (Å²) < 4.78 is 11.3. The molecule has 0 saturated heterocycles. The fourth-order valence-electron chi connectivity index (χ4n) is 2.69. The van der Waals surface area contributed by atoms with Crippen molar-refractivity contribution < 1.29 is 14.3 Å². The van der Waals surface area contributed by atoms with Gasteiger partial charge in [0.2, 0.25) is 0 Å². The summed E-state index contributed by atoms with van der Waals surface area (Å²) in [4.78, 5) is 12.0. The van der Waals surface area contributed by atoms with E-state index in [1.54, 1.807) is 0 Å². The second kappa shape index (κ2) is 9.27. The van der Waals surface area contributed by atoms with Crippen molar-refractivity contribution in [3.8, 4) is 11.5 Å². The van der Waals surface area contributed by atoms with E-state index in [0.29, 0.717) is 18.3 Å². The Kier molecular flexibility index (Phi) is 7.07. The lowest BCUT2D eigenvalue weighted by atomic mass is 10.0. The maximum atomic E-state index is 12.0. The molecular weight excluding hydrogens is 326 g/mol. The molecule has 2 rings (SSSR count). The van der Waals surface area contributed by atoms with Gasteiger partial charge in [-0.2, -0.15) is 0 Å². The van der Waals surface area contributed by atoms with Gasteiger partial charge in [-0.1, -0.05) is 32.0 Å². The fourth-order valence-corrected chi connectivity index (χ4v) is 2.69. The zero-order valence-electron chi connectivity index (χ0n) is 16.3. The summed E-state index contributed by atoms with van der Waals surface area (Å²) in [7, 11) is 0. The van der Waals surface area contributed by atoms with Crippen molar-refractivity contribution in [1.82, 2.24) is 5.32 Å². The van der Waals surface area contributed by atoms with Crippen LogP contribution in [0.3, 0.4) is 0 Å². The largest absolute Gasteiger partial charge is 0.491 e. The first-order valence-electron chi connectivity index (χ1n) is 9.06. The molecule has 140 valence electrons. The third-order valence-corrected chi connectivity index (χ3v) is 4.02. The molecule has 0 radical (unpaired) electrons. The Bertz CT molecular complexity index is 702. The first-order valence-corrected chi connectivity index (χ1v) is 9.06. The van der Waals surface area contributed by atoms with Crippen molar-refractivity contribution in [3.63, 3.8) is 0 Å². The van der Waals surface area contributed by atoms with Crippen molar-refractivity contribution in [2.24, 2.45) is 0 Å². The average Bonchev–Trinajstić information content (AvgIpc) is 2.58. The van der Waals surface area contributed by atoms with E-state index >= 15 is 0 Å². The molecule has 0 aliphatic heterocycles. The highest BCUT2D eigenvalue weighted by Crippen LogP contribution is 2.19. The van der Waals surface area contributed by atoms with Crippen LogP contribution in [0.25, 0.3) is 0 Å². The molecule has 0 aliphatic carbocycles. The Morgan fingerprint density at radius 1 is 0.923 bits per heavy atom. The summed E-state index contributed by atoms with van der Waals surface area (Å²) in [5.74, 6) is 1.86. The Labute approximate surface area is 156 Å². The molecule has 26 heavy (non-hydrogen) atoms. The number of carbonyl (C=O) groups excluding carboxylic acids is 1. The third kappa shape index (κ3) is 6.43. The molecule has 4 heteroatoms. The first kappa shape index (κ1) is 19.8. The predicted octanol–water partition coefficient (Wildman–Crippen LogP) is 4.39. The standard InChI is InChI=1S/C22H29NO3/c1-15(2)19-6-8-20(9-7-19)25-13-18(5)23-22(24)14-26-21-11-16(3)10-17(4)12-21/h6-12,15,18H,13-14H2,1-5H3,(H,23,24). The van der Waals surface area contributed by atoms with Gasteiger partial charge in [0.05, 0.1) is 6.04 Å². The molecule has 0 heterocycles. The van der Waals surface area contributed by atoms with Crippen molar-refractivity contribution in [2.75, 3.05) is 13.2 Å². The number of hydrogen-bond donors (Lipinski definition) is 1. The molecule has 2 aromatic rings. The summed E-state index contributed by atoms with van der Waals surface area (Å²) in [6.45, 7) is 10.7. The zero-order chi connectivity index (χ0) is 19.1. The highest BCUT2D eigenvalue weighted by molar-refractivity contribution is 5.77. The van der Waals surface area contributed by atoms with E-state index in [4.69, 9.17) is 9.47 Å². The average molecular weight is 355 g/mol. The maximum Gasteiger partial charge on any atom is 0.258 e. The number of nitrogens with one attached hydrogen (secondary N) is 1. The highest BCUT2D eigenvalue weighted by Gasteiger charge is 2.09. The molecule has 0 fully saturated rings. The van der Waals surface area contributed by atoms with E-state index < -0.39 is 0 Å². The van der Waals surface area contributed by atoms with E-state index in [2.05, 4.69) is 37.4 Å². The Morgan fingerprint density at radius 2 is 1.54 bits per heavy atom. The minimum atomic E-state index is -0.157. The molecule has 1 atom stereocenters. The van der Waals surface area contributed by atoms with Gasteiger partial charge in [-0.15, -0.1) is 0 Å². The quantitative estimate of drug-likeness (QED) is 0.764. The van der Waals surface area contributed by atoms with Crippen LogP contribution >= 0.6 is 0 Å². The Morgan fingerprint density at radius 3 is 2.12 bits per heavy atom. The number of hydrogen-bond acceptors (Lipinski definition) is 3. The van der Waals surface area contributed by atoms with E-state index in [1.807, 2.05) is 45.0 Å². The molecular formula is C22H29NO3. The van der Waals surface area contributed by atoms with E-state index in [0.717, 1.165) is 16.9 Å². The highest BCUT2D eigenvalue weighted by atomic mass is 16.5. The number of benzene rings is 2. The van der Waals surface area contributed by atoms with Crippen molar-refractivity contribution >= 4 is 5.91 Å². The van der Waals surface area contributed by atoms with Gasteiger partial charge >= 0.3 is 0 Å². The van der Waals surface area contributed by atoms with Crippen molar-refractivity contribution in [1.29, 1.82) is 0 Å². The van der Waals surface area contributed by atoms with Crippen molar-refractivity contribution in [3.05, 3.63) is 59.2 Å². The van der Waals surface area contributed by atoms with Crippen molar-refractivity contribution in [2.45, 2.75) is 46.6 Å². The topological polar surface area (TPSA) is 47.6 Å². The lowest BCUT2D eigenvalue weighted by Crippen LogP contribution is -2.39. The number of aryl methyl sites for hydroxylation is 2.